The van der Waals surface area contributed by atoms with E-state index in [4.69, 9.17) is 18.9 Å². The van der Waals surface area contributed by atoms with Crippen LogP contribution in [0.15, 0.2) is 47.4 Å². The summed E-state index contributed by atoms with van der Waals surface area (Å²) < 4.78 is 23.8. The lowest BCUT2D eigenvalue weighted by Crippen LogP contribution is -2.27. The van der Waals surface area contributed by atoms with E-state index in [9.17, 15) is 9.59 Å². The van der Waals surface area contributed by atoms with E-state index in [0.717, 1.165) is 4.57 Å². The topological polar surface area (TPSA) is 80.9 Å². The van der Waals surface area contributed by atoms with Crippen molar-refractivity contribution in [1.82, 2.24) is 9.13 Å². The third-order valence-electron chi connectivity index (χ3n) is 4.52. The SMILES string of the molecule is COc1ccc(-n2cc(-c3cc(OC)c(OC)c(OC)c3)n(C(C)=O)c2=O)cc1. The summed E-state index contributed by atoms with van der Waals surface area (Å²) in [5.41, 5.74) is 1.09. The fraction of sp³-hybridized carbons (Fsp3) is 0.238. The van der Waals surface area contributed by atoms with Crippen LogP contribution in [-0.4, -0.2) is 43.5 Å². The number of hydrogen-bond acceptors (Lipinski definition) is 6. The molecule has 29 heavy (non-hydrogen) atoms. The van der Waals surface area contributed by atoms with Gasteiger partial charge in [-0.1, -0.05) is 0 Å². The molecule has 1 heterocycles. The van der Waals surface area contributed by atoms with Gasteiger partial charge >= 0.3 is 5.69 Å². The van der Waals surface area contributed by atoms with E-state index in [-0.39, 0.29) is 0 Å². The Morgan fingerprint density at radius 3 is 1.90 bits per heavy atom. The van der Waals surface area contributed by atoms with Gasteiger partial charge in [0, 0.05) is 18.7 Å². The number of rotatable bonds is 6. The molecule has 0 saturated carbocycles. The van der Waals surface area contributed by atoms with E-state index in [1.807, 2.05) is 0 Å². The first-order valence-corrected chi connectivity index (χ1v) is 8.75. The van der Waals surface area contributed by atoms with Crippen LogP contribution in [0.3, 0.4) is 0 Å². The van der Waals surface area contributed by atoms with Crippen molar-refractivity contribution in [3.8, 4) is 39.9 Å². The highest BCUT2D eigenvalue weighted by molar-refractivity contribution is 5.83. The van der Waals surface area contributed by atoms with Gasteiger partial charge in [-0.05, 0) is 36.4 Å². The van der Waals surface area contributed by atoms with Crippen molar-refractivity contribution < 1.29 is 23.7 Å². The summed E-state index contributed by atoms with van der Waals surface area (Å²) in [6.07, 6.45) is 1.60. The van der Waals surface area contributed by atoms with Crippen molar-refractivity contribution in [1.29, 1.82) is 0 Å². The van der Waals surface area contributed by atoms with Crippen molar-refractivity contribution in [2.45, 2.75) is 6.92 Å². The van der Waals surface area contributed by atoms with Crippen LogP contribution in [0.2, 0.25) is 0 Å². The molecule has 0 saturated heterocycles. The molecule has 1 aromatic heterocycles. The zero-order chi connectivity index (χ0) is 21.1. The van der Waals surface area contributed by atoms with Crippen LogP contribution >= 0.6 is 0 Å². The Morgan fingerprint density at radius 1 is 0.862 bits per heavy atom. The molecule has 3 rings (SSSR count). The first-order valence-electron chi connectivity index (χ1n) is 8.75. The van der Waals surface area contributed by atoms with Gasteiger partial charge in [-0.2, -0.15) is 0 Å². The van der Waals surface area contributed by atoms with Crippen LogP contribution < -0.4 is 24.6 Å². The van der Waals surface area contributed by atoms with Gasteiger partial charge in [0.1, 0.15) is 5.75 Å². The Morgan fingerprint density at radius 2 is 1.45 bits per heavy atom. The molecule has 0 aliphatic rings. The molecule has 0 radical (unpaired) electrons. The molecular formula is C21H22N2O6. The fourth-order valence-electron chi connectivity index (χ4n) is 3.11. The first-order chi connectivity index (χ1) is 13.9. The minimum Gasteiger partial charge on any atom is -0.497 e. The molecule has 2 aromatic carbocycles. The molecular weight excluding hydrogens is 376 g/mol. The van der Waals surface area contributed by atoms with E-state index >= 15 is 0 Å². The number of benzene rings is 2. The number of imidazole rings is 1. The average Bonchev–Trinajstić information content (AvgIpc) is 3.09. The number of hydrogen-bond donors (Lipinski definition) is 0. The van der Waals surface area contributed by atoms with Gasteiger partial charge in [-0.25, -0.2) is 9.36 Å². The molecule has 0 unspecified atom stereocenters. The molecule has 0 amide bonds. The van der Waals surface area contributed by atoms with Crippen LogP contribution in [0.4, 0.5) is 0 Å². The second-order valence-corrected chi connectivity index (χ2v) is 6.13. The van der Waals surface area contributed by atoms with E-state index in [1.165, 1.54) is 32.8 Å². The Bertz CT molecular complexity index is 1070. The van der Waals surface area contributed by atoms with Crippen molar-refractivity contribution in [2.24, 2.45) is 0 Å². The highest BCUT2D eigenvalue weighted by Crippen LogP contribution is 2.41. The van der Waals surface area contributed by atoms with E-state index in [1.54, 1.807) is 49.7 Å². The maximum Gasteiger partial charge on any atom is 0.340 e. The second kappa shape index (κ2) is 8.14. The summed E-state index contributed by atoms with van der Waals surface area (Å²) in [5, 5.41) is 0. The van der Waals surface area contributed by atoms with Crippen LogP contribution in [0.25, 0.3) is 16.9 Å². The fourth-order valence-corrected chi connectivity index (χ4v) is 3.11. The highest BCUT2D eigenvalue weighted by Gasteiger charge is 2.21. The highest BCUT2D eigenvalue weighted by atomic mass is 16.5. The average molecular weight is 398 g/mol. The minimum atomic E-state index is -0.480. The number of nitrogens with zero attached hydrogens (tertiary/aromatic N) is 2. The maximum absolute atomic E-state index is 13.0. The van der Waals surface area contributed by atoms with Crippen molar-refractivity contribution in [2.75, 3.05) is 28.4 Å². The van der Waals surface area contributed by atoms with E-state index < -0.39 is 11.6 Å². The van der Waals surface area contributed by atoms with Gasteiger partial charge in [0.15, 0.2) is 11.5 Å². The molecule has 0 aliphatic heterocycles. The zero-order valence-corrected chi connectivity index (χ0v) is 16.9. The molecule has 3 aromatic rings. The molecule has 0 aliphatic carbocycles. The number of carbonyl (C=O) groups is 1. The Kier molecular flexibility index (Phi) is 5.63. The smallest absolute Gasteiger partial charge is 0.340 e. The largest absolute Gasteiger partial charge is 0.497 e. The van der Waals surface area contributed by atoms with Gasteiger partial charge in [0.25, 0.3) is 0 Å². The van der Waals surface area contributed by atoms with E-state index in [2.05, 4.69) is 0 Å². The molecule has 8 heteroatoms. The van der Waals surface area contributed by atoms with Crippen LogP contribution in [-0.2, 0) is 0 Å². The van der Waals surface area contributed by atoms with Crippen LogP contribution in [0.5, 0.6) is 23.0 Å². The number of carbonyl (C=O) groups excluding carboxylic acids is 1. The molecule has 152 valence electrons. The minimum absolute atomic E-state index is 0.401. The monoisotopic (exact) mass is 398 g/mol. The third kappa shape index (κ3) is 3.56. The normalized spacial score (nSPS) is 10.5. The van der Waals surface area contributed by atoms with Crippen molar-refractivity contribution >= 4 is 5.91 Å². The lowest BCUT2D eigenvalue weighted by Gasteiger charge is -2.14. The quantitative estimate of drug-likeness (QED) is 0.635. The zero-order valence-electron chi connectivity index (χ0n) is 16.9. The van der Waals surface area contributed by atoms with Crippen molar-refractivity contribution in [3.63, 3.8) is 0 Å². The summed E-state index contributed by atoms with van der Waals surface area (Å²) in [4.78, 5) is 25.3. The summed E-state index contributed by atoms with van der Waals surface area (Å²) in [7, 11) is 6.07. The Hall–Kier alpha value is -3.68. The summed E-state index contributed by atoms with van der Waals surface area (Å²) in [6, 6.07) is 10.3. The van der Waals surface area contributed by atoms with Gasteiger partial charge in [-0.3, -0.25) is 9.36 Å². The molecule has 0 atom stereocenters. The van der Waals surface area contributed by atoms with Gasteiger partial charge < -0.3 is 18.9 Å². The molecule has 0 spiro atoms. The summed E-state index contributed by atoms with van der Waals surface area (Å²) in [6.45, 7) is 1.33. The predicted octanol–water partition coefficient (Wildman–Crippen LogP) is 3.00. The summed E-state index contributed by atoms with van der Waals surface area (Å²) >= 11 is 0. The third-order valence-corrected chi connectivity index (χ3v) is 4.52. The summed E-state index contributed by atoms with van der Waals surface area (Å²) in [5.74, 6) is 1.51. The number of aromatic nitrogens is 2. The van der Waals surface area contributed by atoms with E-state index in [0.29, 0.717) is 39.9 Å². The first kappa shape index (κ1) is 20.1. The standard InChI is InChI=1S/C21H22N2O6/c1-13(24)23-17(14-10-18(27-3)20(29-5)19(11-14)28-4)12-22(21(23)25)15-6-8-16(26-2)9-7-15/h6-12H,1-5H3. The Labute approximate surface area is 167 Å². The maximum atomic E-state index is 13.0. The molecule has 0 fully saturated rings. The lowest BCUT2D eigenvalue weighted by atomic mass is 10.1. The van der Waals surface area contributed by atoms with Gasteiger partial charge in [0.2, 0.25) is 11.7 Å². The second-order valence-electron chi connectivity index (χ2n) is 6.13. The van der Waals surface area contributed by atoms with Crippen LogP contribution in [0.1, 0.15) is 11.7 Å². The van der Waals surface area contributed by atoms with Crippen LogP contribution in [0, 0.1) is 0 Å². The molecule has 0 bridgehead atoms. The molecule has 0 N–H and O–H groups in total. The lowest BCUT2D eigenvalue weighted by molar-refractivity contribution is 0.0934. The van der Waals surface area contributed by atoms with Gasteiger partial charge in [0.05, 0.1) is 39.8 Å². The predicted molar refractivity (Wildman–Crippen MR) is 108 cm³/mol. The Balaban J connectivity index is 2.24. The molecule has 8 nitrogen and oxygen atoms in total. The number of ether oxygens (including phenoxy) is 4. The van der Waals surface area contributed by atoms with Gasteiger partial charge in [-0.15, -0.1) is 0 Å². The number of methoxy groups -OCH3 is 4. The van der Waals surface area contributed by atoms with Crippen molar-refractivity contribution in [3.05, 3.63) is 53.1 Å².